The summed E-state index contributed by atoms with van der Waals surface area (Å²) in [5.74, 6) is 0.144. The molecule has 0 saturated heterocycles. The van der Waals surface area contributed by atoms with E-state index in [0.29, 0.717) is 42.3 Å². The van der Waals surface area contributed by atoms with Gasteiger partial charge in [-0.15, -0.1) is 0 Å². The van der Waals surface area contributed by atoms with E-state index in [0.717, 1.165) is 22.3 Å². The lowest BCUT2D eigenvalue weighted by Crippen LogP contribution is -2.49. The van der Waals surface area contributed by atoms with E-state index in [1.165, 1.54) is 0 Å². The fraction of sp³-hybridized carbons (Fsp3) is 0.325. The minimum Gasteiger partial charge on any atom is -0.494 e. The Labute approximate surface area is 293 Å². The van der Waals surface area contributed by atoms with Crippen LogP contribution in [0.5, 0.6) is 5.75 Å². The van der Waals surface area contributed by atoms with E-state index in [4.69, 9.17) is 35.9 Å². The summed E-state index contributed by atoms with van der Waals surface area (Å²) in [6, 6.07) is 32.7. The van der Waals surface area contributed by atoms with Crippen molar-refractivity contribution in [3.05, 3.63) is 125 Å². The maximum Gasteiger partial charge on any atom is 0.306 e. The predicted octanol–water partition coefficient (Wildman–Crippen LogP) is 7.51. The Morgan fingerprint density at radius 1 is 0.918 bits per heavy atom. The molecule has 0 fully saturated rings. The lowest BCUT2D eigenvalue weighted by Gasteiger charge is -2.31. The van der Waals surface area contributed by atoms with Gasteiger partial charge in [0.2, 0.25) is 5.90 Å². The molecule has 0 aromatic heterocycles. The molecule has 0 radical (unpaired) electrons. The SMILES string of the molecule is CC(C)(C)OC(=O)CC[C@@]1(C(=O)NCCc2cccc(Cl)c2)N=C(c2ccc(OCCCO)cc2)O[C@@H]1c1ccc(-c2ccccc2)cc1. The van der Waals surface area contributed by atoms with E-state index >= 15 is 0 Å². The number of ether oxygens (including phenoxy) is 3. The summed E-state index contributed by atoms with van der Waals surface area (Å²) in [6.45, 7) is 6.20. The van der Waals surface area contributed by atoms with Gasteiger partial charge >= 0.3 is 5.97 Å². The lowest BCUT2D eigenvalue weighted by atomic mass is 9.83. The molecule has 2 N–H and O–H groups in total. The molecular weight excluding hydrogens is 640 g/mol. The quantitative estimate of drug-likeness (QED) is 0.105. The predicted molar refractivity (Wildman–Crippen MR) is 192 cm³/mol. The highest BCUT2D eigenvalue weighted by atomic mass is 35.5. The van der Waals surface area contributed by atoms with Crippen molar-refractivity contribution in [2.45, 2.75) is 63.7 Å². The molecule has 8 nitrogen and oxygen atoms in total. The average Bonchev–Trinajstić information content (AvgIpc) is 3.48. The second-order valence-electron chi connectivity index (χ2n) is 13.0. The molecule has 256 valence electrons. The van der Waals surface area contributed by atoms with Gasteiger partial charge in [0.05, 0.1) is 6.61 Å². The molecule has 2 atom stereocenters. The van der Waals surface area contributed by atoms with Crippen molar-refractivity contribution >= 4 is 29.4 Å². The van der Waals surface area contributed by atoms with Crippen LogP contribution < -0.4 is 10.1 Å². The Hall–Kier alpha value is -4.66. The standard InChI is InChI=1S/C40H43ClN2O6/c1-39(2,3)49-35(45)21-23-40(38(46)42-24-22-28-9-7-12-33(41)27-28)36(31-15-13-30(14-16-31)29-10-5-4-6-11-29)48-37(43-40)32-17-19-34(20-18-32)47-26-8-25-44/h4-7,9-20,27,36,44H,8,21-26H2,1-3H3,(H,42,46)/t36-,40-/m1/s1. The van der Waals surface area contributed by atoms with Crippen LogP contribution in [-0.4, -0.2) is 53.8 Å². The molecule has 0 spiro atoms. The molecule has 0 unspecified atom stereocenters. The summed E-state index contributed by atoms with van der Waals surface area (Å²) in [5.41, 5.74) is 2.31. The van der Waals surface area contributed by atoms with Gasteiger partial charge in [0.1, 0.15) is 11.4 Å². The third-order valence-corrected chi connectivity index (χ3v) is 8.30. The van der Waals surface area contributed by atoms with Crippen LogP contribution in [0.15, 0.2) is 108 Å². The zero-order chi connectivity index (χ0) is 34.9. The van der Waals surface area contributed by atoms with Crippen LogP contribution in [0.25, 0.3) is 11.1 Å². The van der Waals surface area contributed by atoms with E-state index in [9.17, 15) is 9.59 Å². The van der Waals surface area contributed by atoms with Crippen molar-refractivity contribution in [2.75, 3.05) is 19.8 Å². The Bertz CT molecular complexity index is 1740. The second-order valence-corrected chi connectivity index (χ2v) is 13.4. The molecule has 9 heteroatoms. The molecule has 1 heterocycles. The summed E-state index contributed by atoms with van der Waals surface area (Å²) in [7, 11) is 0. The smallest absolute Gasteiger partial charge is 0.306 e. The minimum absolute atomic E-state index is 0.0446. The van der Waals surface area contributed by atoms with E-state index in [1.54, 1.807) is 12.1 Å². The number of carbonyl (C=O) groups is 2. The third kappa shape index (κ3) is 9.49. The van der Waals surface area contributed by atoms with Gasteiger partial charge in [-0.2, -0.15) is 0 Å². The van der Waals surface area contributed by atoms with Crippen LogP contribution in [0.3, 0.4) is 0 Å². The number of nitrogens with one attached hydrogen (secondary N) is 1. The summed E-state index contributed by atoms with van der Waals surface area (Å²) in [6.07, 6.45) is 0.257. The van der Waals surface area contributed by atoms with Gasteiger partial charge < -0.3 is 24.6 Å². The number of amides is 1. The van der Waals surface area contributed by atoms with Crippen LogP contribution in [0.2, 0.25) is 5.02 Å². The number of aliphatic imine (C=N–C) groups is 1. The van der Waals surface area contributed by atoms with E-state index in [2.05, 4.69) is 5.32 Å². The molecule has 4 aromatic rings. The van der Waals surface area contributed by atoms with Crippen molar-refractivity contribution in [2.24, 2.45) is 4.99 Å². The first-order chi connectivity index (χ1) is 23.6. The highest BCUT2D eigenvalue weighted by Gasteiger charge is 2.53. The number of esters is 1. The Morgan fingerprint density at radius 3 is 2.29 bits per heavy atom. The first-order valence-corrected chi connectivity index (χ1v) is 16.9. The molecule has 4 aromatic carbocycles. The summed E-state index contributed by atoms with van der Waals surface area (Å²) < 4.78 is 18.0. The van der Waals surface area contributed by atoms with E-state index in [1.807, 2.05) is 112 Å². The number of hydrogen-bond donors (Lipinski definition) is 2. The average molecular weight is 683 g/mol. The Morgan fingerprint density at radius 2 is 1.61 bits per heavy atom. The van der Waals surface area contributed by atoms with Gasteiger partial charge in [-0.25, -0.2) is 4.99 Å². The van der Waals surface area contributed by atoms with E-state index < -0.39 is 23.2 Å². The number of hydrogen-bond acceptors (Lipinski definition) is 7. The summed E-state index contributed by atoms with van der Waals surface area (Å²) >= 11 is 6.20. The number of halogens is 1. The Balaban J connectivity index is 1.50. The van der Waals surface area contributed by atoms with Gasteiger partial charge in [0.25, 0.3) is 5.91 Å². The zero-order valence-electron chi connectivity index (χ0n) is 28.2. The molecule has 1 aliphatic rings. The van der Waals surface area contributed by atoms with Crippen LogP contribution in [0.4, 0.5) is 0 Å². The monoisotopic (exact) mass is 682 g/mol. The largest absolute Gasteiger partial charge is 0.494 e. The topological polar surface area (TPSA) is 106 Å². The van der Waals surface area contributed by atoms with Gasteiger partial charge in [-0.3, -0.25) is 9.59 Å². The molecular formula is C40H43ClN2O6. The molecule has 0 saturated carbocycles. The summed E-state index contributed by atoms with van der Waals surface area (Å²) in [4.78, 5) is 32.5. The molecule has 5 rings (SSSR count). The number of aliphatic hydroxyl groups is 1. The third-order valence-electron chi connectivity index (χ3n) is 8.07. The highest BCUT2D eigenvalue weighted by Crippen LogP contribution is 2.44. The molecule has 1 amide bonds. The maximum atomic E-state index is 14.5. The van der Waals surface area contributed by atoms with Crippen molar-refractivity contribution < 1.29 is 28.9 Å². The van der Waals surface area contributed by atoms with Crippen molar-refractivity contribution in [3.8, 4) is 16.9 Å². The number of aliphatic hydroxyl groups excluding tert-OH is 1. The molecule has 0 bridgehead atoms. The van der Waals surface area contributed by atoms with Gasteiger partial charge in [-0.1, -0.05) is 78.3 Å². The van der Waals surface area contributed by atoms with Crippen LogP contribution in [0, 0.1) is 0 Å². The fourth-order valence-corrected chi connectivity index (χ4v) is 5.92. The molecule has 49 heavy (non-hydrogen) atoms. The first kappa shape index (κ1) is 35.6. The minimum atomic E-state index is -1.48. The van der Waals surface area contributed by atoms with Crippen LogP contribution >= 0.6 is 11.6 Å². The molecule has 1 aliphatic heterocycles. The normalized spacial score (nSPS) is 17.2. The first-order valence-electron chi connectivity index (χ1n) is 16.6. The zero-order valence-corrected chi connectivity index (χ0v) is 28.9. The Kier molecular flexibility index (Phi) is 11.8. The lowest BCUT2D eigenvalue weighted by molar-refractivity contribution is -0.155. The second kappa shape index (κ2) is 16.2. The van der Waals surface area contributed by atoms with Crippen molar-refractivity contribution in [1.82, 2.24) is 5.32 Å². The molecule has 0 aliphatic carbocycles. The van der Waals surface area contributed by atoms with Gasteiger partial charge in [0.15, 0.2) is 11.6 Å². The number of nitrogens with zero attached hydrogens (tertiary/aromatic N) is 1. The number of rotatable bonds is 14. The van der Waals surface area contributed by atoms with Crippen molar-refractivity contribution in [3.63, 3.8) is 0 Å². The highest BCUT2D eigenvalue weighted by molar-refractivity contribution is 6.30. The fourth-order valence-electron chi connectivity index (χ4n) is 5.70. The summed E-state index contributed by atoms with van der Waals surface area (Å²) in [5, 5.41) is 12.8. The van der Waals surface area contributed by atoms with Crippen LogP contribution in [0.1, 0.15) is 62.8 Å². The van der Waals surface area contributed by atoms with Crippen molar-refractivity contribution in [1.29, 1.82) is 0 Å². The number of carbonyl (C=O) groups excluding carboxylic acids is 2. The number of benzene rings is 4. The maximum absolute atomic E-state index is 14.5. The van der Waals surface area contributed by atoms with E-state index in [-0.39, 0.29) is 31.3 Å². The van der Waals surface area contributed by atoms with Gasteiger partial charge in [0, 0.05) is 36.6 Å². The van der Waals surface area contributed by atoms with Crippen LogP contribution in [-0.2, 0) is 25.5 Å². The van der Waals surface area contributed by atoms with Gasteiger partial charge in [-0.05, 0) is 92.3 Å².